The summed E-state index contributed by atoms with van der Waals surface area (Å²) in [5.74, 6) is 2.82. The molecule has 5 heteroatoms. The normalized spacial score (nSPS) is 18.4. The Balaban J connectivity index is 1.18. The van der Waals surface area contributed by atoms with E-state index < -0.39 is 5.41 Å². The van der Waals surface area contributed by atoms with Crippen molar-refractivity contribution in [2.24, 2.45) is 0 Å². The van der Waals surface area contributed by atoms with E-state index in [1.807, 2.05) is 48.3 Å². The predicted molar refractivity (Wildman–Crippen MR) is 251 cm³/mol. The third kappa shape index (κ3) is 6.61. The lowest BCUT2D eigenvalue weighted by Gasteiger charge is -2.36. The molecule has 2 aliphatic rings. The fraction of sp³-hybridized carbons (Fsp3) is 0.0909. The lowest BCUT2D eigenvalue weighted by Crippen LogP contribution is -2.28. The minimum absolute atomic E-state index is 0.413. The topological polar surface area (TPSA) is 51.6 Å². The van der Waals surface area contributed by atoms with Crippen LogP contribution < -0.4 is 0 Å². The first-order valence-electron chi connectivity index (χ1n) is 20.5. The molecule has 0 saturated heterocycles. The summed E-state index contributed by atoms with van der Waals surface area (Å²) in [5.41, 5.74) is 14.3. The van der Waals surface area contributed by atoms with E-state index in [1.165, 1.54) is 38.3 Å². The van der Waals surface area contributed by atoms with E-state index in [4.69, 9.17) is 19.9 Å². The van der Waals surface area contributed by atoms with Crippen molar-refractivity contribution < 1.29 is 0 Å². The van der Waals surface area contributed by atoms with Crippen LogP contribution in [0, 0.1) is 0 Å². The fourth-order valence-corrected chi connectivity index (χ4v) is 9.99. The Morgan fingerprint density at radius 3 is 1.77 bits per heavy atom. The number of nitrogens with zero attached hydrogens (tertiary/aromatic N) is 4. The first-order chi connectivity index (χ1) is 29.6. The average molecular weight is 791 g/mol. The van der Waals surface area contributed by atoms with Crippen LogP contribution in [0.3, 0.4) is 0 Å². The van der Waals surface area contributed by atoms with Crippen LogP contribution in [0.4, 0.5) is 0 Å². The lowest BCUT2D eigenvalue weighted by molar-refractivity contribution is 0.640. The minimum Gasteiger partial charge on any atom is -0.256 e. The van der Waals surface area contributed by atoms with E-state index >= 15 is 0 Å². The van der Waals surface area contributed by atoms with Gasteiger partial charge in [-0.1, -0.05) is 170 Å². The molecule has 10 rings (SSSR count). The van der Waals surface area contributed by atoms with Crippen molar-refractivity contribution in [2.45, 2.75) is 25.7 Å². The summed E-state index contributed by atoms with van der Waals surface area (Å²) in [4.78, 5) is 21.6. The van der Waals surface area contributed by atoms with Gasteiger partial charge in [0.1, 0.15) is 0 Å². The van der Waals surface area contributed by atoms with Gasteiger partial charge in [-0.05, 0) is 83.0 Å². The molecular formula is C55H42N4S. The number of hydrogen-bond acceptors (Lipinski definition) is 5. The van der Waals surface area contributed by atoms with Crippen LogP contribution in [0.5, 0.6) is 0 Å². The van der Waals surface area contributed by atoms with Crippen LogP contribution in [0.15, 0.2) is 205 Å². The van der Waals surface area contributed by atoms with Crippen LogP contribution in [0.25, 0.3) is 78.4 Å². The van der Waals surface area contributed by atoms with Gasteiger partial charge in [0, 0.05) is 44.5 Å². The zero-order valence-corrected chi connectivity index (χ0v) is 34.4. The van der Waals surface area contributed by atoms with Gasteiger partial charge >= 0.3 is 0 Å². The quantitative estimate of drug-likeness (QED) is 0.174. The van der Waals surface area contributed by atoms with Gasteiger partial charge in [-0.2, -0.15) is 0 Å². The molecule has 1 aliphatic carbocycles. The maximum Gasteiger partial charge on any atom is 0.164 e. The summed E-state index contributed by atoms with van der Waals surface area (Å²) in [6.07, 6.45) is 16.3. The largest absolute Gasteiger partial charge is 0.256 e. The molecule has 1 unspecified atom stereocenters. The van der Waals surface area contributed by atoms with Crippen LogP contribution in [0.1, 0.15) is 31.4 Å². The summed E-state index contributed by atoms with van der Waals surface area (Å²) in [5, 5.41) is 1.13. The molecule has 4 nitrogen and oxygen atoms in total. The molecule has 0 saturated carbocycles. The van der Waals surface area contributed by atoms with Crippen LogP contribution >= 0.6 is 11.8 Å². The Kier molecular flexibility index (Phi) is 9.96. The Labute approximate surface area is 355 Å². The van der Waals surface area contributed by atoms with Crippen molar-refractivity contribution in [3.63, 3.8) is 0 Å². The molecule has 6 aromatic carbocycles. The van der Waals surface area contributed by atoms with Gasteiger partial charge in [0.05, 0.1) is 10.9 Å². The zero-order valence-electron chi connectivity index (χ0n) is 33.6. The number of hydrogen-bond donors (Lipinski definition) is 0. The fourth-order valence-electron chi connectivity index (χ4n) is 8.99. The first kappa shape index (κ1) is 37.3. The summed E-state index contributed by atoms with van der Waals surface area (Å²) < 4.78 is 0. The maximum absolute atomic E-state index is 5.22. The minimum atomic E-state index is -0.413. The van der Waals surface area contributed by atoms with E-state index in [-0.39, 0.29) is 0 Å². The first-order valence-corrected chi connectivity index (χ1v) is 21.5. The monoisotopic (exact) mass is 790 g/mol. The number of aromatic nitrogens is 4. The summed E-state index contributed by atoms with van der Waals surface area (Å²) >= 11 is 1.90. The highest BCUT2D eigenvalue weighted by molar-refractivity contribution is 8.03. The zero-order chi connectivity index (χ0) is 40.5. The summed E-state index contributed by atoms with van der Waals surface area (Å²) in [6, 6.07) is 53.7. The molecule has 0 fully saturated rings. The molecule has 2 aromatic heterocycles. The van der Waals surface area contributed by atoms with Crippen LogP contribution in [-0.4, -0.2) is 25.7 Å². The number of fused-ring (bicyclic) bond motifs is 6. The van der Waals surface area contributed by atoms with E-state index in [2.05, 4.69) is 172 Å². The number of rotatable bonds is 5. The third-order valence-electron chi connectivity index (χ3n) is 11.8. The van der Waals surface area contributed by atoms with Crippen LogP contribution in [0.2, 0.25) is 0 Å². The van der Waals surface area contributed by atoms with Crippen molar-refractivity contribution in [1.82, 2.24) is 19.9 Å². The highest BCUT2D eigenvalue weighted by atomic mass is 32.2. The van der Waals surface area contributed by atoms with Gasteiger partial charge in [-0.3, -0.25) is 4.98 Å². The number of allylic oxidation sites excluding steroid dienone is 6. The molecule has 0 amide bonds. The molecule has 3 heterocycles. The van der Waals surface area contributed by atoms with Crippen molar-refractivity contribution in [3.05, 3.63) is 216 Å². The second-order valence-corrected chi connectivity index (χ2v) is 16.2. The molecule has 1 spiro atoms. The summed E-state index contributed by atoms with van der Waals surface area (Å²) in [7, 11) is 0. The van der Waals surface area contributed by atoms with Gasteiger partial charge in [-0.15, -0.1) is 11.8 Å². The lowest BCUT2D eigenvalue weighted by atomic mass is 9.69. The average Bonchev–Trinajstić information content (AvgIpc) is 3.59. The van der Waals surface area contributed by atoms with Crippen molar-refractivity contribution >= 4 is 22.7 Å². The molecule has 288 valence electrons. The van der Waals surface area contributed by atoms with E-state index in [1.54, 1.807) is 0 Å². The van der Waals surface area contributed by atoms with E-state index in [0.29, 0.717) is 17.5 Å². The Morgan fingerprint density at radius 2 is 1.07 bits per heavy atom. The summed E-state index contributed by atoms with van der Waals surface area (Å²) in [6.45, 7) is 4.36. The van der Waals surface area contributed by atoms with Gasteiger partial charge in [0.15, 0.2) is 17.5 Å². The molecule has 60 heavy (non-hydrogen) atoms. The Hall–Kier alpha value is -6.95. The van der Waals surface area contributed by atoms with E-state index in [0.717, 1.165) is 56.5 Å². The van der Waals surface area contributed by atoms with Crippen molar-refractivity contribution in [2.75, 3.05) is 5.75 Å². The molecule has 0 radical (unpaired) electrons. The van der Waals surface area contributed by atoms with Gasteiger partial charge < -0.3 is 0 Å². The maximum atomic E-state index is 5.22. The van der Waals surface area contributed by atoms with Gasteiger partial charge in [-0.25, -0.2) is 15.0 Å². The molecule has 0 N–H and O–H groups in total. The van der Waals surface area contributed by atoms with Crippen molar-refractivity contribution in [3.8, 4) is 67.5 Å². The predicted octanol–water partition coefficient (Wildman–Crippen LogP) is 14.1. The highest BCUT2D eigenvalue weighted by Crippen LogP contribution is 2.58. The smallest absolute Gasteiger partial charge is 0.164 e. The number of thioether (sulfide) groups is 1. The highest BCUT2D eigenvalue weighted by Gasteiger charge is 2.46. The second kappa shape index (κ2) is 16.0. The standard InChI is InChI=1S/C55H42N4S/c1-3-47-50(4-2)60-34-14-6-5-13-32-55(47)48-30-28-42(44-23-15-21-39-22-16-33-56-51(39)44)35-45(48)46-36-43(29-31-49(46)55)54-58-52(40-19-11-8-12-20-40)57-53(59-54)41-26-24-38(25-27-41)37-17-9-7-10-18-37/h3-31,33,35-36H,32,34H2,1-2H3/b13-5-,14-6-,47-3+,50-4+. The van der Waals surface area contributed by atoms with Crippen LogP contribution in [-0.2, 0) is 5.41 Å². The number of pyridine rings is 1. The second-order valence-electron chi connectivity index (χ2n) is 15.1. The third-order valence-corrected chi connectivity index (χ3v) is 12.9. The van der Waals surface area contributed by atoms with Crippen molar-refractivity contribution in [1.29, 1.82) is 0 Å². The Bertz CT molecular complexity index is 3010. The Morgan fingerprint density at radius 1 is 0.500 bits per heavy atom. The SMILES string of the molecule is C/C=C1\C(=C/C)SC/C=C\C=C/CC12c1ccc(-c3nc(-c4ccccc4)nc(-c4ccc(-c5ccccc5)cc4)n3)cc1-c1cc(-c3cccc4cccnc34)ccc12. The molecule has 0 bridgehead atoms. The van der Waals surface area contributed by atoms with Gasteiger partial charge in [0.2, 0.25) is 0 Å². The van der Waals surface area contributed by atoms with Gasteiger partial charge in [0.25, 0.3) is 0 Å². The molecular weight excluding hydrogens is 749 g/mol. The molecule has 8 aromatic rings. The molecule has 1 aliphatic heterocycles. The molecule has 1 atom stereocenters. The van der Waals surface area contributed by atoms with E-state index in [9.17, 15) is 0 Å². The number of benzene rings is 6. The number of para-hydroxylation sites is 1.